The normalized spacial score (nSPS) is 21.3. The van der Waals surface area contributed by atoms with Gasteiger partial charge in [-0.3, -0.25) is 0 Å². The molecule has 3 rings (SSSR count). The molecule has 3 atom stereocenters. The van der Waals surface area contributed by atoms with Crippen molar-refractivity contribution in [1.29, 1.82) is 0 Å². The van der Waals surface area contributed by atoms with E-state index in [0.717, 1.165) is 32.1 Å². The molecule has 136 valence electrons. The van der Waals surface area contributed by atoms with Crippen LogP contribution >= 0.6 is 17.0 Å². The van der Waals surface area contributed by atoms with Gasteiger partial charge < -0.3 is 20.6 Å². The minimum atomic E-state index is -0.684. The number of hydrogen-bond donors (Lipinski definition) is 4. The first kappa shape index (κ1) is 19.8. The molecule has 1 aliphatic heterocycles. The Morgan fingerprint density at radius 3 is 2.48 bits per heavy atom. The quantitative estimate of drug-likeness (QED) is 0.567. The van der Waals surface area contributed by atoms with E-state index in [1.807, 2.05) is 6.07 Å². The second kappa shape index (κ2) is 9.22. The molecule has 4 N–H and O–H groups in total. The highest BCUT2D eigenvalue weighted by molar-refractivity contribution is 8.93. The number of nitrogens with one attached hydrogen (secondary N) is 1. The number of aliphatic hydroxyl groups excluding tert-OH is 1. The number of benzene rings is 2. The molecule has 0 saturated carbocycles. The van der Waals surface area contributed by atoms with E-state index in [1.54, 1.807) is 6.07 Å². The van der Waals surface area contributed by atoms with Crippen LogP contribution in [0.5, 0.6) is 11.5 Å². The van der Waals surface area contributed by atoms with Crippen LogP contribution in [0.15, 0.2) is 48.5 Å². The molecular formula is C20H26BrNO3. The Hall–Kier alpha value is -1.56. The molecule has 1 heterocycles. The van der Waals surface area contributed by atoms with Crippen LogP contribution in [-0.2, 0) is 6.42 Å². The monoisotopic (exact) mass is 407 g/mol. The van der Waals surface area contributed by atoms with Gasteiger partial charge in [0, 0.05) is 12.1 Å². The molecule has 4 nitrogen and oxygen atoms in total. The van der Waals surface area contributed by atoms with Crippen molar-refractivity contribution < 1.29 is 15.3 Å². The lowest BCUT2D eigenvalue weighted by Gasteiger charge is -2.34. The van der Waals surface area contributed by atoms with Gasteiger partial charge in [-0.15, -0.1) is 17.0 Å². The zero-order valence-electron chi connectivity index (χ0n) is 14.1. The minimum Gasteiger partial charge on any atom is -0.504 e. The summed E-state index contributed by atoms with van der Waals surface area (Å²) in [5.41, 5.74) is 1.97. The Kier molecular flexibility index (Phi) is 7.29. The SMILES string of the molecule is Br.Oc1ccc(C(O)C2CCCC(CCc3ccccc3)N2)cc1O. The number of hydrogen-bond acceptors (Lipinski definition) is 4. The highest BCUT2D eigenvalue weighted by Gasteiger charge is 2.27. The second-order valence-corrected chi connectivity index (χ2v) is 6.62. The summed E-state index contributed by atoms with van der Waals surface area (Å²) in [7, 11) is 0. The van der Waals surface area contributed by atoms with E-state index in [9.17, 15) is 15.3 Å². The molecule has 1 fully saturated rings. The molecule has 0 spiro atoms. The topological polar surface area (TPSA) is 72.7 Å². The van der Waals surface area contributed by atoms with Gasteiger partial charge in [-0.05, 0) is 48.9 Å². The number of phenolic OH excluding ortho intramolecular Hbond substituents is 2. The highest BCUT2D eigenvalue weighted by atomic mass is 79.9. The zero-order valence-corrected chi connectivity index (χ0v) is 15.8. The fourth-order valence-electron chi connectivity index (χ4n) is 3.47. The first-order chi connectivity index (χ1) is 11.6. The van der Waals surface area contributed by atoms with Gasteiger partial charge in [0.2, 0.25) is 0 Å². The number of rotatable bonds is 5. The van der Waals surface area contributed by atoms with Crippen molar-refractivity contribution in [2.45, 2.75) is 50.3 Å². The van der Waals surface area contributed by atoms with Crippen molar-refractivity contribution in [3.05, 3.63) is 59.7 Å². The third kappa shape index (κ3) is 5.21. The standard InChI is InChI=1S/C20H25NO3.BrH/c22-18-12-10-15(13-19(18)23)20(24)17-8-4-7-16(21-17)11-9-14-5-2-1-3-6-14;/h1-3,5-6,10,12-13,16-17,20-24H,4,7-9,11H2;1H. The van der Waals surface area contributed by atoms with Gasteiger partial charge >= 0.3 is 0 Å². The first-order valence-electron chi connectivity index (χ1n) is 8.63. The summed E-state index contributed by atoms with van der Waals surface area (Å²) in [5.74, 6) is -0.355. The number of aliphatic hydroxyl groups is 1. The molecular weight excluding hydrogens is 382 g/mol. The molecule has 1 saturated heterocycles. The molecule has 25 heavy (non-hydrogen) atoms. The van der Waals surface area contributed by atoms with E-state index in [0.29, 0.717) is 11.6 Å². The average molecular weight is 408 g/mol. The number of phenols is 2. The number of piperidine rings is 1. The van der Waals surface area contributed by atoms with E-state index in [2.05, 4.69) is 29.6 Å². The fourth-order valence-corrected chi connectivity index (χ4v) is 3.47. The summed E-state index contributed by atoms with van der Waals surface area (Å²) in [5, 5.41) is 33.2. The smallest absolute Gasteiger partial charge is 0.157 e. The van der Waals surface area contributed by atoms with Gasteiger partial charge in [-0.25, -0.2) is 0 Å². The van der Waals surface area contributed by atoms with Crippen LogP contribution in [0.25, 0.3) is 0 Å². The van der Waals surface area contributed by atoms with Crippen molar-refractivity contribution >= 4 is 17.0 Å². The van der Waals surface area contributed by atoms with Crippen LogP contribution < -0.4 is 5.32 Å². The maximum atomic E-state index is 10.6. The van der Waals surface area contributed by atoms with Crippen LogP contribution in [0.4, 0.5) is 0 Å². The van der Waals surface area contributed by atoms with E-state index >= 15 is 0 Å². The number of aryl methyl sites for hydroxylation is 1. The molecule has 0 aromatic heterocycles. The summed E-state index contributed by atoms with van der Waals surface area (Å²) in [6.45, 7) is 0. The van der Waals surface area contributed by atoms with Gasteiger partial charge in [0.15, 0.2) is 11.5 Å². The van der Waals surface area contributed by atoms with Crippen molar-refractivity contribution in [3.63, 3.8) is 0 Å². The molecule has 0 bridgehead atoms. The van der Waals surface area contributed by atoms with Crippen LogP contribution in [0, 0.1) is 0 Å². The van der Waals surface area contributed by atoms with Crippen LogP contribution in [0.2, 0.25) is 0 Å². The van der Waals surface area contributed by atoms with Gasteiger partial charge in [0.25, 0.3) is 0 Å². The number of halogens is 1. The summed E-state index contributed by atoms with van der Waals surface area (Å²) in [6.07, 6.45) is 4.51. The molecule has 0 aliphatic carbocycles. The predicted molar refractivity (Wildman–Crippen MR) is 104 cm³/mol. The van der Waals surface area contributed by atoms with Crippen molar-refractivity contribution in [2.24, 2.45) is 0 Å². The lowest BCUT2D eigenvalue weighted by Crippen LogP contribution is -2.45. The molecule has 0 amide bonds. The fraction of sp³-hybridized carbons (Fsp3) is 0.400. The van der Waals surface area contributed by atoms with Crippen LogP contribution in [-0.4, -0.2) is 27.4 Å². The van der Waals surface area contributed by atoms with Crippen molar-refractivity contribution in [2.75, 3.05) is 0 Å². The lowest BCUT2D eigenvalue weighted by molar-refractivity contribution is 0.0997. The highest BCUT2D eigenvalue weighted by Crippen LogP contribution is 2.31. The first-order valence-corrected chi connectivity index (χ1v) is 8.63. The molecule has 0 radical (unpaired) electrons. The Balaban J connectivity index is 0.00000225. The van der Waals surface area contributed by atoms with Gasteiger partial charge in [0.1, 0.15) is 0 Å². The van der Waals surface area contributed by atoms with Crippen LogP contribution in [0.3, 0.4) is 0 Å². The molecule has 2 aromatic rings. The van der Waals surface area contributed by atoms with Crippen LogP contribution in [0.1, 0.15) is 42.9 Å². The maximum Gasteiger partial charge on any atom is 0.157 e. The predicted octanol–water partition coefficient (Wildman–Crippen LogP) is 3.85. The largest absolute Gasteiger partial charge is 0.504 e. The molecule has 3 unspecified atom stereocenters. The summed E-state index contributed by atoms with van der Waals surface area (Å²) < 4.78 is 0. The molecule has 2 aromatic carbocycles. The maximum absolute atomic E-state index is 10.6. The lowest BCUT2D eigenvalue weighted by atomic mass is 9.89. The Labute approximate surface area is 159 Å². The van der Waals surface area contributed by atoms with Gasteiger partial charge in [0.05, 0.1) is 6.10 Å². The molecule has 5 heteroatoms. The minimum absolute atomic E-state index is 0. The Morgan fingerprint density at radius 2 is 1.76 bits per heavy atom. The Morgan fingerprint density at radius 1 is 1.00 bits per heavy atom. The summed E-state index contributed by atoms with van der Waals surface area (Å²) in [6, 6.07) is 15.3. The third-order valence-electron chi connectivity index (χ3n) is 4.86. The third-order valence-corrected chi connectivity index (χ3v) is 4.86. The van der Waals surface area contributed by atoms with Crippen molar-refractivity contribution in [3.8, 4) is 11.5 Å². The van der Waals surface area contributed by atoms with E-state index in [1.165, 1.54) is 17.7 Å². The molecule has 1 aliphatic rings. The second-order valence-electron chi connectivity index (χ2n) is 6.62. The van der Waals surface area contributed by atoms with E-state index < -0.39 is 6.10 Å². The Bertz CT molecular complexity index is 665. The van der Waals surface area contributed by atoms with Gasteiger partial charge in [-0.2, -0.15) is 0 Å². The van der Waals surface area contributed by atoms with Crippen molar-refractivity contribution in [1.82, 2.24) is 5.32 Å². The summed E-state index contributed by atoms with van der Waals surface area (Å²) >= 11 is 0. The van der Waals surface area contributed by atoms with E-state index in [4.69, 9.17) is 0 Å². The number of aromatic hydroxyl groups is 2. The average Bonchev–Trinajstić information content (AvgIpc) is 2.63. The van der Waals surface area contributed by atoms with E-state index in [-0.39, 0.29) is 34.5 Å². The van der Waals surface area contributed by atoms with Gasteiger partial charge in [-0.1, -0.05) is 42.8 Å². The summed E-state index contributed by atoms with van der Waals surface area (Å²) in [4.78, 5) is 0. The zero-order chi connectivity index (χ0) is 16.9.